The largest absolute Gasteiger partial charge is 0.491 e. The molecular formula is C23H35IN4O2. The van der Waals surface area contributed by atoms with E-state index in [4.69, 9.17) is 9.47 Å². The molecule has 0 fully saturated rings. The Balaban J connectivity index is 0.00000450. The SMILES string of the molecule is CN=C(NCc1ccc(C)cc1OCCOC)NCc1ccc(C)cc1N(C)C.I. The molecule has 0 aliphatic rings. The summed E-state index contributed by atoms with van der Waals surface area (Å²) in [6.45, 7) is 6.58. The van der Waals surface area contributed by atoms with Crippen LogP contribution in [0.15, 0.2) is 41.4 Å². The minimum absolute atomic E-state index is 0. The van der Waals surface area contributed by atoms with Crippen LogP contribution in [0.2, 0.25) is 0 Å². The Labute approximate surface area is 198 Å². The number of halogens is 1. The second kappa shape index (κ2) is 13.3. The monoisotopic (exact) mass is 526 g/mol. The molecule has 0 aliphatic heterocycles. The third-order valence-corrected chi connectivity index (χ3v) is 4.61. The first-order valence-electron chi connectivity index (χ1n) is 9.87. The highest BCUT2D eigenvalue weighted by Crippen LogP contribution is 2.21. The Bertz CT molecular complexity index is 825. The summed E-state index contributed by atoms with van der Waals surface area (Å²) in [4.78, 5) is 6.49. The van der Waals surface area contributed by atoms with E-state index in [2.05, 4.69) is 84.9 Å². The smallest absolute Gasteiger partial charge is 0.191 e. The fourth-order valence-corrected chi connectivity index (χ4v) is 3.00. The molecule has 0 atom stereocenters. The molecule has 0 unspecified atom stereocenters. The van der Waals surface area contributed by atoms with Crippen molar-refractivity contribution < 1.29 is 9.47 Å². The zero-order valence-corrected chi connectivity index (χ0v) is 21.2. The predicted octanol–water partition coefficient (Wildman–Crippen LogP) is 3.88. The minimum Gasteiger partial charge on any atom is -0.491 e. The van der Waals surface area contributed by atoms with Crippen molar-refractivity contribution in [3.8, 4) is 5.75 Å². The summed E-state index contributed by atoms with van der Waals surface area (Å²) in [6, 6.07) is 12.7. The molecule has 0 bridgehead atoms. The number of guanidine groups is 1. The molecule has 0 radical (unpaired) electrons. The normalized spacial score (nSPS) is 10.9. The summed E-state index contributed by atoms with van der Waals surface area (Å²) in [5.41, 5.74) is 5.93. The average molecular weight is 526 g/mol. The molecule has 7 heteroatoms. The van der Waals surface area contributed by atoms with Gasteiger partial charge < -0.3 is 25.0 Å². The van der Waals surface area contributed by atoms with Crippen LogP contribution in [0.25, 0.3) is 0 Å². The summed E-state index contributed by atoms with van der Waals surface area (Å²) < 4.78 is 11.0. The highest BCUT2D eigenvalue weighted by atomic mass is 127. The maximum atomic E-state index is 5.88. The van der Waals surface area contributed by atoms with Gasteiger partial charge in [-0.15, -0.1) is 24.0 Å². The molecule has 2 aromatic rings. The highest BCUT2D eigenvalue weighted by Gasteiger charge is 2.08. The van der Waals surface area contributed by atoms with E-state index in [1.807, 2.05) is 0 Å². The van der Waals surface area contributed by atoms with Crippen LogP contribution in [0.5, 0.6) is 5.75 Å². The molecule has 0 aromatic heterocycles. The van der Waals surface area contributed by atoms with Crippen LogP contribution in [0.1, 0.15) is 22.3 Å². The molecule has 2 aromatic carbocycles. The second-order valence-corrected chi connectivity index (χ2v) is 7.26. The number of methoxy groups -OCH3 is 1. The van der Waals surface area contributed by atoms with Crippen LogP contribution in [0.4, 0.5) is 5.69 Å². The van der Waals surface area contributed by atoms with Crippen molar-refractivity contribution >= 4 is 35.6 Å². The molecule has 0 aliphatic carbocycles. The number of ether oxygens (including phenoxy) is 2. The highest BCUT2D eigenvalue weighted by molar-refractivity contribution is 14.0. The number of hydrogen-bond donors (Lipinski definition) is 2. The summed E-state index contributed by atoms with van der Waals surface area (Å²) >= 11 is 0. The van der Waals surface area contributed by atoms with Crippen molar-refractivity contribution in [2.75, 3.05) is 46.4 Å². The van der Waals surface area contributed by atoms with E-state index in [0.29, 0.717) is 26.3 Å². The van der Waals surface area contributed by atoms with Gasteiger partial charge in [-0.25, -0.2) is 0 Å². The first-order chi connectivity index (χ1) is 13.9. The van der Waals surface area contributed by atoms with Crippen LogP contribution in [0.3, 0.4) is 0 Å². The zero-order valence-electron chi connectivity index (χ0n) is 18.9. The minimum atomic E-state index is 0. The fraction of sp³-hybridized carbons (Fsp3) is 0.435. The van der Waals surface area contributed by atoms with Gasteiger partial charge in [-0.1, -0.05) is 24.3 Å². The molecule has 0 amide bonds. The molecule has 2 rings (SSSR count). The van der Waals surface area contributed by atoms with Gasteiger partial charge in [-0.2, -0.15) is 0 Å². The number of hydrogen-bond acceptors (Lipinski definition) is 4. The lowest BCUT2D eigenvalue weighted by Gasteiger charge is -2.20. The Kier molecular flexibility index (Phi) is 11.6. The van der Waals surface area contributed by atoms with Crippen molar-refractivity contribution in [1.82, 2.24) is 10.6 Å². The Morgan fingerprint density at radius 3 is 2.13 bits per heavy atom. The molecule has 0 heterocycles. The van der Waals surface area contributed by atoms with Crippen LogP contribution in [-0.2, 0) is 17.8 Å². The Morgan fingerprint density at radius 1 is 0.933 bits per heavy atom. The maximum absolute atomic E-state index is 5.88. The van der Waals surface area contributed by atoms with Crippen LogP contribution >= 0.6 is 24.0 Å². The topological polar surface area (TPSA) is 58.1 Å². The summed E-state index contributed by atoms with van der Waals surface area (Å²) in [7, 11) is 7.58. The number of rotatable bonds is 9. The molecule has 0 spiro atoms. The third-order valence-electron chi connectivity index (χ3n) is 4.61. The maximum Gasteiger partial charge on any atom is 0.191 e. The lowest BCUT2D eigenvalue weighted by Crippen LogP contribution is -2.36. The van der Waals surface area contributed by atoms with Gasteiger partial charge in [0.2, 0.25) is 0 Å². The van der Waals surface area contributed by atoms with E-state index in [1.54, 1.807) is 14.2 Å². The van der Waals surface area contributed by atoms with Crippen molar-refractivity contribution in [2.45, 2.75) is 26.9 Å². The predicted molar refractivity (Wildman–Crippen MR) is 137 cm³/mol. The van der Waals surface area contributed by atoms with Gasteiger partial charge in [-0.05, 0) is 42.7 Å². The molecule has 30 heavy (non-hydrogen) atoms. The van der Waals surface area contributed by atoms with Gasteiger partial charge in [0.1, 0.15) is 12.4 Å². The van der Waals surface area contributed by atoms with E-state index in [1.165, 1.54) is 22.4 Å². The van der Waals surface area contributed by atoms with E-state index in [0.717, 1.165) is 17.3 Å². The fourth-order valence-electron chi connectivity index (χ4n) is 3.00. The quantitative estimate of drug-likeness (QED) is 0.225. The summed E-state index contributed by atoms with van der Waals surface area (Å²) in [5, 5.41) is 6.79. The summed E-state index contributed by atoms with van der Waals surface area (Å²) in [5.74, 6) is 1.62. The van der Waals surface area contributed by atoms with Crippen molar-refractivity contribution in [1.29, 1.82) is 0 Å². The Morgan fingerprint density at radius 2 is 1.53 bits per heavy atom. The molecule has 0 saturated heterocycles. The van der Waals surface area contributed by atoms with Gasteiger partial charge in [-0.3, -0.25) is 4.99 Å². The molecule has 2 N–H and O–H groups in total. The Hall–Kier alpha value is -2.00. The molecule has 0 saturated carbocycles. The van der Waals surface area contributed by atoms with Crippen molar-refractivity contribution in [3.05, 3.63) is 58.7 Å². The second-order valence-electron chi connectivity index (χ2n) is 7.26. The van der Waals surface area contributed by atoms with Crippen LogP contribution < -0.4 is 20.3 Å². The number of nitrogens with one attached hydrogen (secondary N) is 2. The van der Waals surface area contributed by atoms with Gasteiger partial charge in [0.15, 0.2) is 5.96 Å². The first-order valence-corrected chi connectivity index (χ1v) is 9.87. The zero-order chi connectivity index (χ0) is 21.2. The van der Waals surface area contributed by atoms with Gasteiger partial charge in [0.25, 0.3) is 0 Å². The number of aryl methyl sites for hydroxylation is 2. The van der Waals surface area contributed by atoms with E-state index in [-0.39, 0.29) is 24.0 Å². The van der Waals surface area contributed by atoms with Gasteiger partial charge >= 0.3 is 0 Å². The van der Waals surface area contributed by atoms with Crippen LogP contribution in [-0.4, -0.2) is 47.4 Å². The number of nitrogens with zero attached hydrogens (tertiary/aromatic N) is 2. The van der Waals surface area contributed by atoms with E-state index in [9.17, 15) is 0 Å². The number of aliphatic imine (C=N–C) groups is 1. The van der Waals surface area contributed by atoms with E-state index >= 15 is 0 Å². The lowest BCUT2D eigenvalue weighted by molar-refractivity contribution is 0.145. The van der Waals surface area contributed by atoms with Gasteiger partial charge in [0, 0.05) is 52.6 Å². The molecular weight excluding hydrogens is 491 g/mol. The first kappa shape index (κ1) is 26.0. The molecule has 6 nitrogen and oxygen atoms in total. The van der Waals surface area contributed by atoms with Crippen molar-refractivity contribution in [3.63, 3.8) is 0 Å². The number of benzene rings is 2. The lowest BCUT2D eigenvalue weighted by atomic mass is 10.1. The van der Waals surface area contributed by atoms with E-state index < -0.39 is 0 Å². The standard InChI is InChI=1S/C23H34N4O2.HI/c1-17-7-9-19(21(13-17)27(4)5)15-25-23(24-3)26-16-20-10-8-18(2)14-22(20)29-12-11-28-6;/h7-10,13-14H,11-12,15-16H2,1-6H3,(H2,24,25,26);1H. The van der Waals surface area contributed by atoms with Crippen LogP contribution in [0, 0.1) is 13.8 Å². The molecule has 166 valence electrons. The van der Waals surface area contributed by atoms with Gasteiger partial charge in [0.05, 0.1) is 6.61 Å². The van der Waals surface area contributed by atoms with Crippen molar-refractivity contribution in [2.24, 2.45) is 4.99 Å². The third kappa shape index (κ3) is 8.02. The summed E-state index contributed by atoms with van der Waals surface area (Å²) in [6.07, 6.45) is 0. The number of anilines is 1. The average Bonchev–Trinajstić information content (AvgIpc) is 2.70.